The first-order valence-corrected chi connectivity index (χ1v) is 12.0. The number of alkyl carbamates (subject to hydrolysis) is 1. The molecule has 2 aromatic carbocycles. The van der Waals surface area contributed by atoms with Gasteiger partial charge >= 0.3 is 6.09 Å². The number of nitrogens with one attached hydrogen (secondary N) is 2. The summed E-state index contributed by atoms with van der Waals surface area (Å²) in [7, 11) is 0. The smallest absolute Gasteiger partial charge is 0.408 e. The average Bonchev–Trinajstić information content (AvgIpc) is 2.76. The van der Waals surface area contributed by atoms with Crippen molar-refractivity contribution in [3.05, 3.63) is 70.8 Å². The maximum Gasteiger partial charge on any atom is 0.408 e. The summed E-state index contributed by atoms with van der Waals surface area (Å²) < 4.78 is 5.31. The van der Waals surface area contributed by atoms with E-state index in [4.69, 9.17) is 4.74 Å². The van der Waals surface area contributed by atoms with Gasteiger partial charge in [0, 0.05) is 12.6 Å². The zero-order chi connectivity index (χ0) is 26.3. The molecule has 0 aliphatic heterocycles. The van der Waals surface area contributed by atoms with E-state index in [2.05, 4.69) is 10.6 Å². The molecular formula is C28H39N3O4. The fraction of sp³-hybridized carbons (Fsp3) is 0.464. The highest BCUT2D eigenvalue weighted by Gasteiger charge is 2.36. The van der Waals surface area contributed by atoms with Crippen LogP contribution in [0, 0.1) is 13.8 Å². The molecule has 3 amide bonds. The SMILES string of the molecule is Cc1ccc(C(C(=O)NCc2ccccc2)N(C(=O)C(C)NC(=O)OC(C)(C)C)C(C)C)cc1C. The Bertz CT molecular complexity index is 1030. The van der Waals surface area contributed by atoms with Gasteiger partial charge in [0.05, 0.1) is 0 Å². The largest absolute Gasteiger partial charge is 0.444 e. The second-order valence-corrected chi connectivity index (χ2v) is 10.2. The number of nitrogens with zero attached hydrogens (tertiary/aromatic N) is 1. The molecule has 2 N–H and O–H groups in total. The molecule has 190 valence electrons. The van der Waals surface area contributed by atoms with Crippen LogP contribution in [0.15, 0.2) is 48.5 Å². The van der Waals surface area contributed by atoms with Crippen LogP contribution in [0.2, 0.25) is 0 Å². The first-order valence-electron chi connectivity index (χ1n) is 12.0. The summed E-state index contributed by atoms with van der Waals surface area (Å²) in [5, 5.41) is 5.60. The molecule has 7 nitrogen and oxygen atoms in total. The summed E-state index contributed by atoms with van der Waals surface area (Å²) in [5.41, 5.74) is 3.11. The van der Waals surface area contributed by atoms with E-state index in [0.29, 0.717) is 12.1 Å². The lowest BCUT2D eigenvalue weighted by Gasteiger charge is -2.36. The Hall–Kier alpha value is -3.35. The van der Waals surface area contributed by atoms with E-state index in [1.54, 1.807) is 27.7 Å². The highest BCUT2D eigenvalue weighted by Crippen LogP contribution is 2.27. The molecule has 2 atom stereocenters. The molecule has 2 rings (SSSR count). The molecular weight excluding hydrogens is 442 g/mol. The number of benzene rings is 2. The molecule has 0 aliphatic rings. The van der Waals surface area contributed by atoms with Gasteiger partial charge in [-0.25, -0.2) is 4.79 Å². The fourth-order valence-electron chi connectivity index (χ4n) is 3.70. The van der Waals surface area contributed by atoms with Crippen LogP contribution in [0.5, 0.6) is 0 Å². The van der Waals surface area contributed by atoms with E-state index < -0.39 is 23.8 Å². The van der Waals surface area contributed by atoms with Crippen molar-refractivity contribution in [1.29, 1.82) is 0 Å². The zero-order valence-electron chi connectivity index (χ0n) is 22.1. The topological polar surface area (TPSA) is 87.7 Å². The van der Waals surface area contributed by atoms with Crippen molar-refractivity contribution in [3.8, 4) is 0 Å². The second kappa shape index (κ2) is 11.9. The molecule has 7 heteroatoms. The number of carbonyl (C=O) groups is 3. The minimum absolute atomic E-state index is 0.288. The van der Waals surface area contributed by atoms with Gasteiger partial charge in [0.2, 0.25) is 11.8 Å². The molecule has 0 heterocycles. The van der Waals surface area contributed by atoms with Crippen LogP contribution in [0.3, 0.4) is 0 Å². The number of amides is 3. The van der Waals surface area contributed by atoms with Crippen LogP contribution in [-0.4, -0.2) is 40.5 Å². The lowest BCUT2D eigenvalue weighted by Crippen LogP contribution is -2.54. The molecule has 0 spiro atoms. The maximum absolute atomic E-state index is 13.6. The second-order valence-electron chi connectivity index (χ2n) is 10.2. The Morgan fingerprint density at radius 2 is 1.57 bits per heavy atom. The Morgan fingerprint density at radius 3 is 2.11 bits per heavy atom. The standard InChI is InChI=1S/C28H39N3O4/c1-18(2)31(26(33)21(5)30-27(34)35-28(6,7)8)24(23-15-14-19(3)20(4)16-23)25(32)29-17-22-12-10-9-11-13-22/h9-16,18,21,24H,17H2,1-8H3,(H,29,32)(H,30,34). The molecule has 0 aliphatic carbocycles. The summed E-state index contributed by atoms with van der Waals surface area (Å²) >= 11 is 0. The Balaban J connectivity index is 2.37. The molecule has 0 aromatic heterocycles. The van der Waals surface area contributed by atoms with Crippen molar-refractivity contribution in [2.24, 2.45) is 0 Å². The zero-order valence-corrected chi connectivity index (χ0v) is 22.1. The van der Waals surface area contributed by atoms with Gasteiger partial charge in [0.15, 0.2) is 0 Å². The molecule has 2 aromatic rings. The molecule has 2 unspecified atom stereocenters. The molecule has 0 fully saturated rings. The van der Waals surface area contributed by atoms with E-state index in [1.165, 1.54) is 4.90 Å². The monoisotopic (exact) mass is 481 g/mol. The van der Waals surface area contributed by atoms with E-state index in [1.807, 2.05) is 76.2 Å². The minimum Gasteiger partial charge on any atom is -0.444 e. The van der Waals surface area contributed by atoms with Gasteiger partial charge < -0.3 is 20.3 Å². The third kappa shape index (κ3) is 8.12. The Morgan fingerprint density at radius 1 is 0.943 bits per heavy atom. The fourth-order valence-corrected chi connectivity index (χ4v) is 3.70. The summed E-state index contributed by atoms with van der Waals surface area (Å²) in [4.78, 5) is 41.0. The van der Waals surface area contributed by atoms with Crippen LogP contribution in [0.1, 0.15) is 69.8 Å². The molecule has 0 bridgehead atoms. The summed E-state index contributed by atoms with van der Waals surface area (Å²) in [6.07, 6.45) is -0.682. The molecule has 35 heavy (non-hydrogen) atoms. The van der Waals surface area contributed by atoms with E-state index in [-0.39, 0.29) is 17.9 Å². The van der Waals surface area contributed by atoms with E-state index >= 15 is 0 Å². The van der Waals surface area contributed by atoms with Gasteiger partial charge in [-0.1, -0.05) is 48.5 Å². The first-order chi connectivity index (χ1) is 16.3. The van der Waals surface area contributed by atoms with Crippen LogP contribution in [0.25, 0.3) is 0 Å². The molecule has 0 saturated heterocycles. The van der Waals surface area contributed by atoms with Crippen molar-refractivity contribution in [2.75, 3.05) is 0 Å². The normalized spacial score (nSPS) is 13.1. The van der Waals surface area contributed by atoms with Gasteiger partial charge in [0.1, 0.15) is 17.7 Å². The Labute approximate surface area is 209 Å². The molecule has 0 radical (unpaired) electrons. The van der Waals surface area contributed by atoms with Crippen LogP contribution in [0.4, 0.5) is 4.79 Å². The van der Waals surface area contributed by atoms with Gasteiger partial charge in [-0.3, -0.25) is 9.59 Å². The van der Waals surface area contributed by atoms with Gasteiger partial charge in [-0.15, -0.1) is 0 Å². The third-order valence-corrected chi connectivity index (χ3v) is 5.60. The average molecular weight is 482 g/mol. The van der Waals surface area contributed by atoms with Crippen molar-refractivity contribution in [1.82, 2.24) is 15.5 Å². The van der Waals surface area contributed by atoms with Crippen LogP contribution >= 0.6 is 0 Å². The third-order valence-electron chi connectivity index (χ3n) is 5.60. The highest BCUT2D eigenvalue weighted by atomic mass is 16.6. The van der Waals surface area contributed by atoms with Gasteiger partial charge in [-0.05, 0) is 77.6 Å². The highest BCUT2D eigenvalue weighted by molar-refractivity contribution is 5.92. The van der Waals surface area contributed by atoms with Crippen LogP contribution < -0.4 is 10.6 Å². The number of ether oxygens (including phenoxy) is 1. The summed E-state index contributed by atoms with van der Waals surface area (Å²) in [5.74, 6) is -0.660. The van der Waals surface area contributed by atoms with Crippen molar-refractivity contribution >= 4 is 17.9 Å². The number of hydrogen-bond acceptors (Lipinski definition) is 4. The minimum atomic E-state index is -0.886. The first kappa shape index (κ1) is 27.9. The van der Waals surface area contributed by atoms with Crippen molar-refractivity contribution < 1.29 is 19.1 Å². The predicted octanol–water partition coefficient (Wildman–Crippen LogP) is 4.81. The van der Waals surface area contributed by atoms with Gasteiger partial charge in [0.25, 0.3) is 0 Å². The Kier molecular flexibility index (Phi) is 9.46. The number of rotatable bonds is 8. The number of aryl methyl sites for hydroxylation is 2. The molecule has 0 saturated carbocycles. The quantitative estimate of drug-likeness (QED) is 0.566. The lowest BCUT2D eigenvalue weighted by molar-refractivity contribution is -0.144. The van der Waals surface area contributed by atoms with E-state index in [9.17, 15) is 14.4 Å². The van der Waals surface area contributed by atoms with Crippen LogP contribution in [-0.2, 0) is 20.9 Å². The predicted molar refractivity (Wildman–Crippen MR) is 138 cm³/mol. The number of hydrogen-bond donors (Lipinski definition) is 2. The maximum atomic E-state index is 13.6. The number of carbonyl (C=O) groups excluding carboxylic acids is 3. The van der Waals surface area contributed by atoms with Crippen molar-refractivity contribution in [2.45, 2.75) is 85.7 Å². The van der Waals surface area contributed by atoms with E-state index in [0.717, 1.165) is 16.7 Å². The lowest BCUT2D eigenvalue weighted by atomic mass is 9.97. The van der Waals surface area contributed by atoms with Gasteiger partial charge in [-0.2, -0.15) is 0 Å². The summed E-state index contributed by atoms with van der Waals surface area (Å²) in [6.45, 7) is 14.9. The summed E-state index contributed by atoms with van der Waals surface area (Å²) in [6, 6.07) is 13.3. The van der Waals surface area contributed by atoms with Crippen molar-refractivity contribution in [3.63, 3.8) is 0 Å².